The van der Waals surface area contributed by atoms with E-state index in [0.717, 1.165) is 44.7 Å². The molecule has 15 heteroatoms. The maximum atomic E-state index is 12.2. The van der Waals surface area contributed by atoms with Gasteiger partial charge >= 0.3 is 22.5 Å². The van der Waals surface area contributed by atoms with Crippen LogP contribution < -0.4 is 21.9 Å². The van der Waals surface area contributed by atoms with Crippen LogP contribution in [0.5, 0.6) is 0 Å². The highest BCUT2D eigenvalue weighted by Gasteiger charge is 2.46. The first-order valence-corrected chi connectivity index (χ1v) is 18.4. The summed E-state index contributed by atoms with van der Waals surface area (Å²) >= 11 is 0. The molecule has 52 heavy (non-hydrogen) atoms. The minimum atomic E-state index is -4.48. The fourth-order valence-corrected chi connectivity index (χ4v) is 8.19. The smallest absolute Gasteiger partial charge is 0.425 e. The van der Waals surface area contributed by atoms with Gasteiger partial charge in [0.15, 0.2) is 12.3 Å². The van der Waals surface area contributed by atoms with Crippen LogP contribution in [-0.4, -0.2) is 71.1 Å². The number of hydrogen-bond donors (Lipinski definition) is 3. The van der Waals surface area contributed by atoms with Crippen molar-refractivity contribution < 1.29 is 67.0 Å². The van der Waals surface area contributed by atoms with Crippen molar-refractivity contribution in [3.63, 3.8) is 0 Å². The van der Waals surface area contributed by atoms with Crippen LogP contribution in [0.3, 0.4) is 0 Å². The Hall–Kier alpha value is -4.70. The second-order valence-corrected chi connectivity index (χ2v) is 15.1. The van der Waals surface area contributed by atoms with Crippen molar-refractivity contribution in [2.75, 3.05) is 18.0 Å². The molecule has 2 heterocycles. The summed E-state index contributed by atoms with van der Waals surface area (Å²) in [4.78, 5) is 25.3. The number of allylic oxidation sites excluding steroid dienone is 4. The number of carboxylic acids is 2. The SMILES string of the molecule is CC1(C)C(/C=C/C=C2\N(CCC(=O)O)c3ccc4ccccc4c3C2(C)C)=[N+](CCC(=O)O)c2ccc3c(S(=O)(=O)O)cccc3c21.O=S(=O)=O.[Br-]. The number of carboxylic acid groups (broad SMARTS) is 2. The van der Waals surface area contributed by atoms with E-state index in [4.69, 9.17) is 12.6 Å². The molecule has 2 aliphatic heterocycles. The summed E-state index contributed by atoms with van der Waals surface area (Å²) in [5.41, 5.74) is 4.34. The zero-order valence-electron chi connectivity index (χ0n) is 28.7. The molecule has 4 aromatic carbocycles. The average Bonchev–Trinajstić information content (AvgIpc) is 3.40. The van der Waals surface area contributed by atoms with Gasteiger partial charge < -0.3 is 32.1 Å². The van der Waals surface area contributed by atoms with Gasteiger partial charge in [-0.15, -0.1) is 12.6 Å². The highest BCUT2D eigenvalue weighted by atomic mass is 79.9. The van der Waals surface area contributed by atoms with E-state index in [-0.39, 0.29) is 41.3 Å². The third-order valence-electron chi connectivity index (χ3n) is 9.49. The molecule has 4 aromatic rings. The second-order valence-electron chi connectivity index (χ2n) is 13.3. The van der Waals surface area contributed by atoms with Crippen molar-refractivity contribution in [3.05, 3.63) is 102 Å². The summed E-state index contributed by atoms with van der Waals surface area (Å²) in [7, 11) is -7.59. The summed E-state index contributed by atoms with van der Waals surface area (Å²) < 4.78 is 61.7. The Bertz CT molecular complexity index is 2430. The number of aliphatic carboxylic acids is 2. The lowest BCUT2D eigenvalue weighted by Crippen LogP contribution is -3.00. The van der Waals surface area contributed by atoms with Crippen molar-refractivity contribution in [3.8, 4) is 0 Å². The average molecular weight is 814 g/mol. The quantitative estimate of drug-likeness (QED) is 0.167. The van der Waals surface area contributed by atoms with Crippen molar-refractivity contribution >= 4 is 71.3 Å². The Morgan fingerprint density at radius 1 is 0.808 bits per heavy atom. The summed E-state index contributed by atoms with van der Waals surface area (Å²) in [5.74, 6) is -1.82. The maximum absolute atomic E-state index is 12.2. The fourth-order valence-electron chi connectivity index (χ4n) is 7.48. The highest BCUT2D eigenvalue weighted by molar-refractivity contribution is 7.86. The summed E-state index contributed by atoms with van der Waals surface area (Å²) in [6.45, 7) is 8.79. The molecule has 0 saturated heterocycles. The predicted molar refractivity (Wildman–Crippen MR) is 192 cm³/mol. The molecule has 0 aromatic heterocycles. The number of anilines is 1. The summed E-state index contributed by atoms with van der Waals surface area (Å²) in [6.07, 6.45) is 5.74. The first kappa shape index (κ1) is 40.1. The topological polar surface area (TPSA) is 186 Å². The Morgan fingerprint density at radius 3 is 2.08 bits per heavy atom. The molecular formula is C37H37BrN2O10S2. The summed E-state index contributed by atoms with van der Waals surface area (Å²) in [6, 6.07) is 20.5. The van der Waals surface area contributed by atoms with E-state index < -0.39 is 43.5 Å². The third kappa shape index (κ3) is 7.58. The zero-order valence-corrected chi connectivity index (χ0v) is 31.9. The van der Waals surface area contributed by atoms with Crippen LogP contribution in [-0.2, 0) is 41.1 Å². The predicted octanol–water partition coefficient (Wildman–Crippen LogP) is 2.80. The van der Waals surface area contributed by atoms with Gasteiger partial charge in [0.2, 0.25) is 5.69 Å². The van der Waals surface area contributed by atoms with Crippen LogP contribution in [0.25, 0.3) is 21.5 Å². The fraction of sp³-hybridized carbons (Fsp3) is 0.270. The van der Waals surface area contributed by atoms with E-state index in [0.29, 0.717) is 17.3 Å². The van der Waals surface area contributed by atoms with Gasteiger partial charge in [0.25, 0.3) is 10.1 Å². The molecule has 0 radical (unpaired) electrons. The molecule has 6 rings (SSSR count). The number of halogens is 1. The minimum Gasteiger partial charge on any atom is -1.00 e. The van der Waals surface area contributed by atoms with E-state index in [1.807, 2.05) is 54.9 Å². The van der Waals surface area contributed by atoms with Crippen LogP contribution in [0.4, 0.5) is 11.4 Å². The molecule has 2 aliphatic rings. The summed E-state index contributed by atoms with van der Waals surface area (Å²) in [5, 5.41) is 22.4. The lowest BCUT2D eigenvalue weighted by Gasteiger charge is -2.26. The Balaban J connectivity index is 0.00000115. The monoisotopic (exact) mass is 812 g/mol. The van der Waals surface area contributed by atoms with Crippen LogP contribution in [0.1, 0.15) is 51.7 Å². The second kappa shape index (κ2) is 15.1. The molecule has 0 amide bonds. The first-order chi connectivity index (χ1) is 23.9. The molecule has 12 nitrogen and oxygen atoms in total. The minimum absolute atomic E-state index is 0. The van der Waals surface area contributed by atoms with Crippen molar-refractivity contribution in [2.24, 2.45) is 0 Å². The first-order valence-electron chi connectivity index (χ1n) is 15.9. The molecular weight excluding hydrogens is 776 g/mol. The van der Waals surface area contributed by atoms with Gasteiger partial charge in [-0.25, -0.2) is 0 Å². The Kier molecular flexibility index (Phi) is 11.6. The largest absolute Gasteiger partial charge is 1.00 e. The molecule has 0 unspecified atom stereocenters. The molecule has 0 fully saturated rings. The van der Waals surface area contributed by atoms with Crippen molar-refractivity contribution in [2.45, 2.75) is 56.3 Å². The van der Waals surface area contributed by atoms with E-state index >= 15 is 0 Å². The number of rotatable bonds is 9. The van der Waals surface area contributed by atoms with Crippen molar-refractivity contribution in [1.29, 1.82) is 0 Å². The van der Waals surface area contributed by atoms with E-state index in [1.54, 1.807) is 18.2 Å². The van der Waals surface area contributed by atoms with Crippen LogP contribution in [0, 0.1) is 0 Å². The van der Waals surface area contributed by atoms with Crippen molar-refractivity contribution in [1.82, 2.24) is 0 Å². The van der Waals surface area contributed by atoms with Gasteiger partial charge in [-0.1, -0.05) is 62.4 Å². The van der Waals surface area contributed by atoms with Gasteiger partial charge in [-0.3, -0.25) is 14.1 Å². The van der Waals surface area contributed by atoms with E-state index in [2.05, 4.69) is 43.0 Å². The zero-order chi connectivity index (χ0) is 37.5. The Labute approximate surface area is 313 Å². The maximum Gasteiger partial charge on any atom is 0.425 e. The molecule has 3 N–H and O–H groups in total. The number of hydrogen-bond acceptors (Lipinski definition) is 8. The third-order valence-corrected chi connectivity index (χ3v) is 10.4. The van der Waals surface area contributed by atoms with Gasteiger partial charge in [-0.2, -0.15) is 13.0 Å². The molecule has 0 spiro atoms. The molecule has 0 atom stereocenters. The van der Waals surface area contributed by atoms with Gasteiger partial charge in [0, 0.05) is 46.4 Å². The normalized spacial score (nSPS) is 16.4. The molecule has 0 saturated carbocycles. The van der Waals surface area contributed by atoms with E-state index in [9.17, 15) is 32.8 Å². The van der Waals surface area contributed by atoms with Gasteiger partial charge in [0.1, 0.15) is 11.3 Å². The number of carbonyl (C=O) groups is 2. The number of benzene rings is 4. The van der Waals surface area contributed by atoms with Crippen LogP contribution >= 0.6 is 0 Å². The van der Waals surface area contributed by atoms with E-state index in [1.165, 1.54) is 6.07 Å². The molecule has 0 aliphatic carbocycles. The lowest BCUT2D eigenvalue weighted by atomic mass is 9.79. The molecule has 274 valence electrons. The van der Waals surface area contributed by atoms with Crippen LogP contribution in [0.15, 0.2) is 95.6 Å². The lowest BCUT2D eigenvalue weighted by molar-refractivity contribution is -0.436. The Morgan fingerprint density at radius 2 is 1.44 bits per heavy atom. The van der Waals surface area contributed by atoms with Gasteiger partial charge in [0.05, 0.1) is 11.8 Å². The van der Waals surface area contributed by atoms with Gasteiger partial charge in [-0.05, 0) is 59.8 Å². The standard InChI is InChI=1S/C37H36N2O7S.BrH.O3S/c1-36(2)30(38(21-19-32(40)41)27-17-15-23-9-5-6-10-24(23)34(27)36)13-8-14-31-37(3,4)35-26-11-7-12-29(47(44,45)46)25(26)16-18-28(35)39(31)22-20-33(42)43;;1-4(2)3/h5-18H,19-22H2,1-4H3,(H2-,40,41,42,43,44,45,46);1H;. The number of nitrogens with zero attached hydrogens (tertiary/aromatic N) is 2. The molecule has 0 bridgehead atoms. The highest BCUT2D eigenvalue weighted by Crippen LogP contribution is 2.51. The van der Waals surface area contributed by atoms with Crippen LogP contribution in [0.2, 0.25) is 0 Å². The number of fused-ring (bicyclic) bond motifs is 6.